The number of carbonyl (C=O) groups excluding carboxylic acids is 1. The lowest BCUT2D eigenvalue weighted by atomic mass is 9.99. The van der Waals surface area contributed by atoms with Gasteiger partial charge in [0.25, 0.3) is 0 Å². The lowest BCUT2D eigenvalue weighted by Crippen LogP contribution is -2.55. The Hall–Kier alpha value is -0.610. The van der Waals surface area contributed by atoms with Crippen molar-refractivity contribution in [3.63, 3.8) is 0 Å². The summed E-state index contributed by atoms with van der Waals surface area (Å²) in [4.78, 5) is 10.8. The molecule has 2 N–H and O–H groups in total. The number of rotatable bonds is 3. The molecule has 1 aliphatic rings. The van der Waals surface area contributed by atoms with E-state index in [-0.39, 0.29) is 11.5 Å². The molecule has 13 heavy (non-hydrogen) atoms. The second-order valence-corrected chi connectivity index (χ2v) is 3.47. The second-order valence-electron chi connectivity index (χ2n) is 3.47. The molecule has 0 aromatic carbocycles. The van der Waals surface area contributed by atoms with E-state index in [2.05, 4.69) is 17.6 Å². The third kappa shape index (κ3) is 2.97. The summed E-state index contributed by atoms with van der Waals surface area (Å²) < 4.78 is 5.69. The molecule has 76 valence electrons. The maximum absolute atomic E-state index is 10.8. The van der Waals surface area contributed by atoms with E-state index in [0.717, 1.165) is 26.1 Å². The first kappa shape index (κ1) is 10.5. The monoisotopic (exact) mass is 186 g/mol. The van der Waals surface area contributed by atoms with Crippen LogP contribution in [0.5, 0.6) is 0 Å². The van der Waals surface area contributed by atoms with E-state index in [1.54, 1.807) is 0 Å². The van der Waals surface area contributed by atoms with Crippen molar-refractivity contribution < 1.29 is 9.53 Å². The first-order valence-electron chi connectivity index (χ1n) is 4.78. The molecule has 4 nitrogen and oxygen atoms in total. The van der Waals surface area contributed by atoms with Gasteiger partial charge in [0.05, 0.1) is 12.2 Å². The zero-order valence-corrected chi connectivity index (χ0v) is 8.35. The average Bonchev–Trinajstić information content (AvgIpc) is 2.16. The summed E-state index contributed by atoms with van der Waals surface area (Å²) in [5.41, 5.74) is -0.191. The third-order valence-electron chi connectivity index (χ3n) is 2.44. The van der Waals surface area contributed by atoms with Crippen LogP contribution < -0.4 is 10.6 Å². The van der Waals surface area contributed by atoms with Gasteiger partial charge in [-0.15, -0.1) is 0 Å². The standard InChI is InChI=1S/C9H18N2O2/c1-3-9(7-11-8(2)12)6-10-4-5-13-9/h10H,3-7H2,1-2H3,(H,11,12). The predicted octanol–water partition coefficient (Wildman–Crippen LogP) is -0.109. The van der Waals surface area contributed by atoms with Crippen molar-refractivity contribution in [2.45, 2.75) is 25.9 Å². The van der Waals surface area contributed by atoms with Crippen LogP contribution in [0.3, 0.4) is 0 Å². The quantitative estimate of drug-likeness (QED) is 0.646. The number of carbonyl (C=O) groups is 1. The van der Waals surface area contributed by atoms with Gasteiger partial charge in [-0.1, -0.05) is 6.92 Å². The van der Waals surface area contributed by atoms with Crippen LogP contribution in [-0.4, -0.2) is 37.7 Å². The van der Waals surface area contributed by atoms with Crippen LogP contribution in [0, 0.1) is 0 Å². The minimum Gasteiger partial charge on any atom is -0.371 e. The van der Waals surface area contributed by atoms with Crippen molar-refractivity contribution in [3.8, 4) is 0 Å². The largest absolute Gasteiger partial charge is 0.371 e. The number of ether oxygens (including phenoxy) is 1. The molecule has 1 aliphatic heterocycles. The predicted molar refractivity (Wildman–Crippen MR) is 50.5 cm³/mol. The fourth-order valence-corrected chi connectivity index (χ4v) is 1.46. The van der Waals surface area contributed by atoms with Gasteiger partial charge in [0, 0.05) is 26.6 Å². The first-order chi connectivity index (χ1) is 6.18. The molecule has 0 radical (unpaired) electrons. The molecule has 0 aromatic rings. The van der Waals surface area contributed by atoms with Crippen LogP contribution in [0.15, 0.2) is 0 Å². The molecular formula is C9H18N2O2. The van der Waals surface area contributed by atoms with Crippen molar-refractivity contribution in [1.82, 2.24) is 10.6 Å². The van der Waals surface area contributed by atoms with Gasteiger partial charge in [0.1, 0.15) is 0 Å². The van der Waals surface area contributed by atoms with Crippen LogP contribution in [0.25, 0.3) is 0 Å². The Balaban J connectivity index is 2.42. The van der Waals surface area contributed by atoms with Crippen LogP contribution >= 0.6 is 0 Å². The van der Waals surface area contributed by atoms with E-state index in [0.29, 0.717) is 6.54 Å². The highest BCUT2D eigenvalue weighted by Crippen LogP contribution is 2.16. The molecule has 1 fully saturated rings. The SMILES string of the molecule is CCC1(CNC(C)=O)CNCCO1. The molecule has 0 spiro atoms. The molecule has 4 heteroatoms. The number of hydrogen-bond donors (Lipinski definition) is 2. The Morgan fingerprint density at radius 2 is 2.46 bits per heavy atom. The Bertz CT molecular complexity index is 176. The van der Waals surface area contributed by atoms with Gasteiger partial charge < -0.3 is 15.4 Å². The summed E-state index contributed by atoms with van der Waals surface area (Å²) in [5.74, 6) is 0.00185. The molecule has 1 heterocycles. The van der Waals surface area contributed by atoms with Crippen LogP contribution in [0.2, 0.25) is 0 Å². The van der Waals surface area contributed by atoms with E-state index >= 15 is 0 Å². The van der Waals surface area contributed by atoms with Gasteiger partial charge in [-0.2, -0.15) is 0 Å². The zero-order chi connectivity index (χ0) is 9.73. The molecule has 1 atom stereocenters. The summed E-state index contributed by atoms with van der Waals surface area (Å²) in [5, 5.41) is 6.08. The van der Waals surface area contributed by atoms with Gasteiger partial charge in [-0.05, 0) is 6.42 Å². The summed E-state index contributed by atoms with van der Waals surface area (Å²) in [6, 6.07) is 0. The van der Waals surface area contributed by atoms with Crippen molar-refractivity contribution in [2.75, 3.05) is 26.2 Å². The number of morpholine rings is 1. The van der Waals surface area contributed by atoms with Crippen molar-refractivity contribution in [3.05, 3.63) is 0 Å². The maximum atomic E-state index is 10.8. The van der Waals surface area contributed by atoms with Crippen LogP contribution in [0.4, 0.5) is 0 Å². The topological polar surface area (TPSA) is 50.4 Å². The number of amides is 1. The molecule has 1 rings (SSSR count). The normalized spacial score (nSPS) is 28.5. The fourth-order valence-electron chi connectivity index (χ4n) is 1.46. The first-order valence-corrected chi connectivity index (χ1v) is 4.78. The maximum Gasteiger partial charge on any atom is 0.216 e. The molecule has 1 unspecified atom stereocenters. The van der Waals surface area contributed by atoms with Gasteiger partial charge in [-0.25, -0.2) is 0 Å². The smallest absolute Gasteiger partial charge is 0.216 e. The second kappa shape index (κ2) is 4.58. The van der Waals surface area contributed by atoms with Gasteiger partial charge >= 0.3 is 0 Å². The average molecular weight is 186 g/mol. The van der Waals surface area contributed by atoms with E-state index in [4.69, 9.17) is 4.74 Å². The molecular weight excluding hydrogens is 168 g/mol. The van der Waals surface area contributed by atoms with Crippen molar-refractivity contribution >= 4 is 5.91 Å². The van der Waals surface area contributed by atoms with Crippen molar-refractivity contribution in [2.24, 2.45) is 0 Å². The van der Waals surface area contributed by atoms with Crippen LogP contribution in [0.1, 0.15) is 20.3 Å². The fraction of sp³-hybridized carbons (Fsp3) is 0.889. The van der Waals surface area contributed by atoms with E-state index in [1.165, 1.54) is 6.92 Å². The summed E-state index contributed by atoms with van der Waals surface area (Å²) in [6.07, 6.45) is 0.917. The highest BCUT2D eigenvalue weighted by Gasteiger charge is 2.31. The Kier molecular flexibility index (Phi) is 3.69. The van der Waals surface area contributed by atoms with Crippen molar-refractivity contribution in [1.29, 1.82) is 0 Å². The molecule has 1 amide bonds. The zero-order valence-electron chi connectivity index (χ0n) is 8.35. The summed E-state index contributed by atoms with van der Waals surface area (Å²) in [6.45, 7) is 6.67. The lowest BCUT2D eigenvalue weighted by Gasteiger charge is -2.37. The lowest BCUT2D eigenvalue weighted by molar-refractivity contribution is -0.122. The number of nitrogens with one attached hydrogen (secondary N) is 2. The highest BCUT2D eigenvalue weighted by atomic mass is 16.5. The van der Waals surface area contributed by atoms with Gasteiger partial charge in [0.15, 0.2) is 0 Å². The molecule has 0 aromatic heterocycles. The Morgan fingerprint density at radius 1 is 1.69 bits per heavy atom. The molecule has 0 aliphatic carbocycles. The minimum absolute atomic E-state index is 0.00185. The van der Waals surface area contributed by atoms with Gasteiger partial charge in [-0.3, -0.25) is 4.79 Å². The summed E-state index contributed by atoms with van der Waals surface area (Å²) >= 11 is 0. The Morgan fingerprint density at radius 3 is 2.92 bits per heavy atom. The molecule has 1 saturated heterocycles. The van der Waals surface area contributed by atoms with E-state index < -0.39 is 0 Å². The van der Waals surface area contributed by atoms with Crippen LogP contribution in [-0.2, 0) is 9.53 Å². The van der Waals surface area contributed by atoms with E-state index in [1.807, 2.05) is 0 Å². The molecule has 0 bridgehead atoms. The minimum atomic E-state index is -0.191. The number of hydrogen-bond acceptors (Lipinski definition) is 3. The van der Waals surface area contributed by atoms with Gasteiger partial charge in [0.2, 0.25) is 5.91 Å². The summed E-state index contributed by atoms with van der Waals surface area (Å²) in [7, 11) is 0. The molecule has 0 saturated carbocycles. The van der Waals surface area contributed by atoms with E-state index in [9.17, 15) is 4.79 Å². The third-order valence-corrected chi connectivity index (χ3v) is 2.44. The Labute approximate surface area is 79.0 Å². The highest BCUT2D eigenvalue weighted by molar-refractivity contribution is 5.72.